The quantitative estimate of drug-likeness (QED) is 0.744. The van der Waals surface area contributed by atoms with Gasteiger partial charge in [-0.1, -0.05) is 34.1 Å². The Labute approximate surface area is 145 Å². The Morgan fingerprint density at radius 1 is 0.957 bits per heavy atom. The maximum absolute atomic E-state index is 6.19. The van der Waals surface area contributed by atoms with Crippen molar-refractivity contribution >= 4 is 27.7 Å². The summed E-state index contributed by atoms with van der Waals surface area (Å²) in [6, 6.07) is 14.5. The van der Waals surface area contributed by atoms with Crippen molar-refractivity contribution in [3.8, 4) is 11.5 Å². The molecule has 2 aromatic rings. The van der Waals surface area contributed by atoms with Crippen LogP contribution >= 0.6 is 15.9 Å². The molecule has 1 saturated heterocycles. The summed E-state index contributed by atoms with van der Waals surface area (Å²) in [4.78, 5) is 4.84. The molecular formula is C19H19BrN2O. The number of benzene rings is 2. The van der Waals surface area contributed by atoms with Crippen LogP contribution in [-0.2, 0) is 0 Å². The number of hydrogen-bond donors (Lipinski definition) is 0. The molecule has 0 unspecified atom stereocenters. The summed E-state index contributed by atoms with van der Waals surface area (Å²) < 4.78 is 7.26. The maximum Gasteiger partial charge on any atom is 0.136 e. The van der Waals surface area contributed by atoms with Gasteiger partial charge < -0.3 is 14.5 Å². The van der Waals surface area contributed by atoms with Gasteiger partial charge in [0.15, 0.2) is 0 Å². The first-order chi connectivity index (χ1) is 11.2. The molecule has 2 aliphatic rings. The van der Waals surface area contributed by atoms with Crippen molar-refractivity contribution in [2.45, 2.75) is 0 Å². The molecule has 0 aliphatic carbocycles. The molecular weight excluding hydrogens is 352 g/mol. The lowest BCUT2D eigenvalue weighted by Gasteiger charge is -2.35. The minimum Gasteiger partial charge on any atom is -0.456 e. The van der Waals surface area contributed by atoms with Crippen molar-refractivity contribution in [3.05, 3.63) is 58.1 Å². The van der Waals surface area contributed by atoms with Crippen LogP contribution in [0.3, 0.4) is 0 Å². The fourth-order valence-electron chi connectivity index (χ4n) is 3.14. The van der Waals surface area contributed by atoms with Gasteiger partial charge in [-0.05, 0) is 37.4 Å². The fraction of sp³-hybridized carbons (Fsp3) is 0.263. The van der Waals surface area contributed by atoms with Crippen molar-refractivity contribution in [2.24, 2.45) is 0 Å². The summed E-state index contributed by atoms with van der Waals surface area (Å²) in [5.74, 6) is 1.84. The van der Waals surface area contributed by atoms with Crippen LogP contribution < -0.4 is 4.74 Å². The molecule has 4 rings (SSSR count). The highest BCUT2D eigenvalue weighted by molar-refractivity contribution is 9.10. The van der Waals surface area contributed by atoms with Crippen LogP contribution in [0.2, 0.25) is 0 Å². The van der Waals surface area contributed by atoms with E-state index < -0.39 is 0 Å². The second-order valence-corrected chi connectivity index (χ2v) is 7.02. The third kappa shape index (κ3) is 2.89. The third-order valence-electron chi connectivity index (χ3n) is 4.49. The van der Waals surface area contributed by atoms with Gasteiger partial charge in [0.05, 0.1) is 0 Å². The molecule has 0 atom stereocenters. The van der Waals surface area contributed by atoms with Gasteiger partial charge in [-0.2, -0.15) is 0 Å². The van der Waals surface area contributed by atoms with Crippen LogP contribution in [0.4, 0.5) is 0 Å². The predicted octanol–water partition coefficient (Wildman–Crippen LogP) is 4.30. The average Bonchev–Trinajstić information content (AvgIpc) is 2.72. The van der Waals surface area contributed by atoms with Crippen molar-refractivity contribution in [1.29, 1.82) is 0 Å². The van der Waals surface area contributed by atoms with Gasteiger partial charge in [-0.3, -0.25) is 0 Å². The van der Waals surface area contributed by atoms with Crippen LogP contribution in [-0.4, -0.2) is 43.0 Å². The molecule has 4 heteroatoms. The van der Waals surface area contributed by atoms with Gasteiger partial charge in [0.2, 0.25) is 0 Å². The Balaban J connectivity index is 1.84. The Bertz CT molecular complexity index is 764. The molecule has 0 bridgehead atoms. The highest BCUT2D eigenvalue weighted by atomic mass is 79.9. The first kappa shape index (κ1) is 14.8. The summed E-state index contributed by atoms with van der Waals surface area (Å²) in [5, 5.41) is 0. The lowest BCUT2D eigenvalue weighted by molar-refractivity contribution is 0.207. The molecule has 2 aromatic carbocycles. The van der Waals surface area contributed by atoms with Crippen LogP contribution in [0, 0.1) is 0 Å². The number of likely N-dealkylation sites (N-methyl/N-ethyl adjacent to an activating group) is 1. The molecule has 118 valence electrons. The van der Waals surface area contributed by atoms with E-state index in [1.165, 1.54) is 5.70 Å². The monoisotopic (exact) mass is 370 g/mol. The van der Waals surface area contributed by atoms with E-state index in [4.69, 9.17) is 4.74 Å². The second-order valence-electron chi connectivity index (χ2n) is 6.10. The molecule has 0 radical (unpaired) electrons. The minimum absolute atomic E-state index is 0.917. The Hall–Kier alpha value is -1.78. The number of hydrogen-bond acceptors (Lipinski definition) is 3. The maximum atomic E-state index is 6.19. The van der Waals surface area contributed by atoms with Crippen LogP contribution in [0.1, 0.15) is 11.1 Å². The molecule has 2 aliphatic heterocycles. The first-order valence-electron chi connectivity index (χ1n) is 7.93. The van der Waals surface area contributed by atoms with E-state index >= 15 is 0 Å². The predicted molar refractivity (Wildman–Crippen MR) is 97.6 cm³/mol. The Morgan fingerprint density at radius 3 is 2.57 bits per heavy atom. The molecule has 0 aromatic heterocycles. The average molecular weight is 371 g/mol. The van der Waals surface area contributed by atoms with Crippen molar-refractivity contribution in [1.82, 2.24) is 9.80 Å². The number of ether oxygens (including phenoxy) is 1. The Morgan fingerprint density at radius 2 is 1.74 bits per heavy atom. The van der Waals surface area contributed by atoms with Gasteiger partial charge in [0, 0.05) is 47.5 Å². The van der Waals surface area contributed by atoms with Gasteiger partial charge in [0.1, 0.15) is 11.5 Å². The summed E-state index contributed by atoms with van der Waals surface area (Å²) in [6.45, 7) is 4.25. The summed E-state index contributed by atoms with van der Waals surface area (Å²) >= 11 is 3.60. The van der Waals surface area contributed by atoms with Crippen molar-refractivity contribution < 1.29 is 4.74 Å². The number of para-hydroxylation sites is 1. The minimum atomic E-state index is 0.917. The zero-order valence-electron chi connectivity index (χ0n) is 13.1. The highest BCUT2D eigenvalue weighted by Gasteiger charge is 2.23. The zero-order chi connectivity index (χ0) is 15.8. The number of nitrogens with zero attached hydrogens (tertiary/aromatic N) is 2. The largest absolute Gasteiger partial charge is 0.456 e. The summed E-state index contributed by atoms with van der Waals surface area (Å²) in [6.07, 6.45) is 2.26. The smallest absolute Gasteiger partial charge is 0.136 e. The Kier molecular flexibility index (Phi) is 3.87. The number of fused-ring (bicyclic) bond motifs is 2. The molecule has 2 heterocycles. The SMILES string of the molecule is CN1CCN(C2=Cc3ccccc3Oc3ccc(Br)cc32)CC1. The lowest BCUT2D eigenvalue weighted by Crippen LogP contribution is -2.43. The van der Waals surface area contributed by atoms with E-state index in [2.05, 4.69) is 57.1 Å². The molecule has 1 fully saturated rings. The number of piperazine rings is 1. The number of rotatable bonds is 1. The van der Waals surface area contributed by atoms with E-state index in [-0.39, 0.29) is 0 Å². The van der Waals surface area contributed by atoms with Crippen LogP contribution in [0.25, 0.3) is 11.8 Å². The van der Waals surface area contributed by atoms with E-state index in [0.717, 1.165) is 53.3 Å². The molecule has 0 amide bonds. The molecule has 0 N–H and O–H groups in total. The third-order valence-corrected chi connectivity index (χ3v) is 4.99. The lowest BCUT2D eigenvalue weighted by atomic mass is 10.1. The second kappa shape index (κ2) is 6.02. The van der Waals surface area contributed by atoms with Crippen molar-refractivity contribution in [2.75, 3.05) is 33.2 Å². The summed E-state index contributed by atoms with van der Waals surface area (Å²) in [7, 11) is 2.18. The van der Waals surface area contributed by atoms with Crippen molar-refractivity contribution in [3.63, 3.8) is 0 Å². The molecule has 23 heavy (non-hydrogen) atoms. The highest BCUT2D eigenvalue weighted by Crippen LogP contribution is 2.40. The molecule has 0 spiro atoms. The normalized spacial score (nSPS) is 17.7. The topological polar surface area (TPSA) is 15.7 Å². The fourth-order valence-corrected chi connectivity index (χ4v) is 3.50. The van der Waals surface area contributed by atoms with E-state index in [0.29, 0.717) is 0 Å². The van der Waals surface area contributed by atoms with Gasteiger partial charge in [-0.15, -0.1) is 0 Å². The van der Waals surface area contributed by atoms with Gasteiger partial charge in [0.25, 0.3) is 0 Å². The molecule has 3 nitrogen and oxygen atoms in total. The summed E-state index contributed by atoms with van der Waals surface area (Å²) in [5.41, 5.74) is 3.54. The van der Waals surface area contributed by atoms with Gasteiger partial charge >= 0.3 is 0 Å². The van der Waals surface area contributed by atoms with Crippen LogP contribution in [0.5, 0.6) is 11.5 Å². The number of halogens is 1. The van der Waals surface area contributed by atoms with E-state index in [1.54, 1.807) is 0 Å². The van der Waals surface area contributed by atoms with E-state index in [9.17, 15) is 0 Å². The van der Waals surface area contributed by atoms with E-state index in [1.807, 2.05) is 24.3 Å². The zero-order valence-corrected chi connectivity index (χ0v) is 14.7. The standard InChI is InChI=1S/C19H19BrN2O/c1-21-8-10-22(11-9-21)17-12-14-4-2-3-5-18(14)23-19-7-6-15(20)13-16(17)19/h2-7,12-13H,8-11H2,1H3. The van der Waals surface area contributed by atoms with Gasteiger partial charge in [-0.25, -0.2) is 0 Å². The first-order valence-corrected chi connectivity index (χ1v) is 8.72. The van der Waals surface area contributed by atoms with Crippen LogP contribution in [0.15, 0.2) is 46.9 Å². The molecule has 0 saturated carbocycles.